The first kappa shape index (κ1) is 11.8. The summed E-state index contributed by atoms with van der Waals surface area (Å²) in [5.41, 5.74) is 0.918. The molecule has 0 saturated carbocycles. The smallest absolute Gasteiger partial charge is 0.387 e. The summed E-state index contributed by atoms with van der Waals surface area (Å²) < 4.78 is 28.1. The predicted octanol–water partition coefficient (Wildman–Crippen LogP) is 2.41. The molecule has 0 atom stereocenters. The lowest BCUT2D eigenvalue weighted by Crippen LogP contribution is -2.23. The minimum absolute atomic E-state index is 0.136. The number of carbonyl (C=O) groups excluding carboxylic acids is 1. The van der Waals surface area contributed by atoms with Crippen LogP contribution in [0.25, 0.3) is 0 Å². The summed E-state index contributed by atoms with van der Waals surface area (Å²) in [7, 11) is 0. The van der Waals surface area contributed by atoms with Gasteiger partial charge >= 0.3 is 6.61 Å². The quantitative estimate of drug-likeness (QED) is 0.810. The fourth-order valence-electron chi connectivity index (χ4n) is 1.87. The molecule has 1 fully saturated rings. The molecule has 1 aliphatic heterocycles. The van der Waals surface area contributed by atoms with Crippen LogP contribution in [0.3, 0.4) is 0 Å². The fraction of sp³-hybridized carbons (Fsp3) is 0.417. The maximum absolute atomic E-state index is 11.9. The van der Waals surface area contributed by atoms with Crippen LogP contribution in [0.4, 0.5) is 8.78 Å². The number of hydrogen-bond donors (Lipinski definition) is 0. The van der Waals surface area contributed by atoms with E-state index in [9.17, 15) is 13.6 Å². The van der Waals surface area contributed by atoms with Crippen LogP contribution >= 0.6 is 0 Å². The Kier molecular flexibility index (Phi) is 3.56. The largest absolute Gasteiger partial charge is 0.435 e. The number of benzene rings is 1. The minimum Gasteiger partial charge on any atom is -0.435 e. The molecular weight excluding hydrogens is 228 g/mol. The number of hydrogen-bond acceptors (Lipinski definition) is 2. The van der Waals surface area contributed by atoms with Crippen molar-refractivity contribution in [2.75, 3.05) is 6.54 Å². The van der Waals surface area contributed by atoms with Gasteiger partial charge in [0.05, 0.1) is 0 Å². The molecule has 1 amide bonds. The fourth-order valence-corrected chi connectivity index (χ4v) is 1.87. The Balaban J connectivity index is 1.95. The SMILES string of the molecule is O=C1CCCN1Cc1ccc(OC(F)F)cc1. The van der Waals surface area contributed by atoms with Gasteiger partial charge in [-0.05, 0) is 24.1 Å². The van der Waals surface area contributed by atoms with Crippen molar-refractivity contribution in [1.82, 2.24) is 4.90 Å². The summed E-state index contributed by atoms with van der Waals surface area (Å²) in [5.74, 6) is 0.286. The van der Waals surface area contributed by atoms with Gasteiger partial charge in [0, 0.05) is 19.5 Å². The molecule has 0 aliphatic carbocycles. The van der Waals surface area contributed by atoms with Crippen molar-refractivity contribution in [2.24, 2.45) is 0 Å². The standard InChI is InChI=1S/C12H13F2NO2/c13-12(14)17-10-5-3-9(4-6-10)8-15-7-1-2-11(15)16/h3-6,12H,1-2,7-8H2. The third-order valence-electron chi connectivity index (χ3n) is 2.69. The van der Waals surface area contributed by atoms with E-state index in [-0.39, 0.29) is 11.7 Å². The van der Waals surface area contributed by atoms with Gasteiger partial charge in [-0.2, -0.15) is 8.78 Å². The third-order valence-corrected chi connectivity index (χ3v) is 2.69. The molecule has 0 aromatic heterocycles. The van der Waals surface area contributed by atoms with E-state index in [0.717, 1.165) is 18.5 Å². The van der Waals surface area contributed by atoms with E-state index >= 15 is 0 Å². The Morgan fingerprint density at radius 3 is 2.53 bits per heavy atom. The molecule has 0 unspecified atom stereocenters. The van der Waals surface area contributed by atoms with Gasteiger partial charge in [-0.3, -0.25) is 4.79 Å². The maximum atomic E-state index is 11.9. The number of likely N-dealkylation sites (tertiary alicyclic amines) is 1. The van der Waals surface area contributed by atoms with Crippen LogP contribution in [0.5, 0.6) is 5.75 Å². The zero-order valence-electron chi connectivity index (χ0n) is 9.23. The average Bonchev–Trinajstić information content (AvgIpc) is 2.67. The highest BCUT2D eigenvalue weighted by molar-refractivity contribution is 5.78. The second-order valence-corrected chi connectivity index (χ2v) is 3.94. The first-order valence-electron chi connectivity index (χ1n) is 5.46. The van der Waals surface area contributed by atoms with E-state index < -0.39 is 6.61 Å². The number of halogens is 2. The molecule has 0 radical (unpaired) electrons. The van der Waals surface area contributed by atoms with Gasteiger partial charge in [0.1, 0.15) is 5.75 Å². The van der Waals surface area contributed by atoms with Gasteiger partial charge in [0.15, 0.2) is 0 Å². The van der Waals surface area contributed by atoms with Crippen molar-refractivity contribution in [3.05, 3.63) is 29.8 Å². The van der Waals surface area contributed by atoms with Crippen LogP contribution in [-0.2, 0) is 11.3 Å². The highest BCUT2D eigenvalue weighted by Gasteiger charge is 2.19. The molecule has 0 spiro atoms. The van der Waals surface area contributed by atoms with Gasteiger partial charge in [0.2, 0.25) is 5.91 Å². The molecular formula is C12H13F2NO2. The van der Waals surface area contributed by atoms with Gasteiger partial charge in [-0.25, -0.2) is 0 Å². The molecule has 1 aromatic rings. The lowest BCUT2D eigenvalue weighted by Gasteiger charge is -2.15. The van der Waals surface area contributed by atoms with Crippen molar-refractivity contribution >= 4 is 5.91 Å². The first-order chi connectivity index (χ1) is 8.15. The van der Waals surface area contributed by atoms with Crippen LogP contribution in [0, 0.1) is 0 Å². The highest BCUT2D eigenvalue weighted by atomic mass is 19.3. The minimum atomic E-state index is -2.80. The summed E-state index contributed by atoms with van der Waals surface area (Å²) >= 11 is 0. The van der Waals surface area contributed by atoms with Crippen LogP contribution in [-0.4, -0.2) is 24.0 Å². The molecule has 1 aliphatic rings. The number of alkyl halides is 2. The van der Waals surface area contributed by atoms with Crippen molar-refractivity contribution in [1.29, 1.82) is 0 Å². The number of rotatable bonds is 4. The molecule has 17 heavy (non-hydrogen) atoms. The zero-order chi connectivity index (χ0) is 12.3. The van der Waals surface area contributed by atoms with Crippen molar-refractivity contribution < 1.29 is 18.3 Å². The third kappa shape index (κ3) is 3.15. The summed E-state index contributed by atoms with van der Waals surface area (Å²) in [6.45, 7) is -1.50. The maximum Gasteiger partial charge on any atom is 0.387 e. The van der Waals surface area contributed by atoms with Gasteiger partial charge < -0.3 is 9.64 Å². The van der Waals surface area contributed by atoms with Gasteiger partial charge in [-0.1, -0.05) is 12.1 Å². The van der Waals surface area contributed by atoms with Gasteiger partial charge in [-0.15, -0.1) is 0 Å². The van der Waals surface area contributed by atoms with E-state index in [4.69, 9.17) is 0 Å². The lowest BCUT2D eigenvalue weighted by molar-refractivity contribution is -0.128. The summed E-state index contributed by atoms with van der Waals surface area (Å²) in [6.07, 6.45) is 1.50. The van der Waals surface area contributed by atoms with Gasteiger partial charge in [0.25, 0.3) is 0 Å². The Bertz CT molecular complexity index is 392. The molecule has 1 saturated heterocycles. The molecule has 2 rings (SSSR count). The topological polar surface area (TPSA) is 29.5 Å². The Morgan fingerprint density at radius 2 is 2.00 bits per heavy atom. The van der Waals surface area contributed by atoms with Crippen LogP contribution in [0.2, 0.25) is 0 Å². The van der Waals surface area contributed by atoms with E-state index in [1.165, 1.54) is 12.1 Å². The molecule has 5 heteroatoms. The normalized spacial score (nSPS) is 15.7. The van der Waals surface area contributed by atoms with Crippen LogP contribution in [0.15, 0.2) is 24.3 Å². The molecule has 0 bridgehead atoms. The average molecular weight is 241 g/mol. The molecule has 1 heterocycles. The first-order valence-corrected chi connectivity index (χ1v) is 5.46. The predicted molar refractivity (Wildman–Crippen MR) is 57.7 cm³/mol. The Hall–Kier alpha value is -1.65. The second kappa shape index (κ2) is 5.12. The summed E-state index contributed by atoms with van der Waals surface area (Å²) in [4.78, 5) is 13.2. The van der Waals surface area contributed by atoms with E-state index in [1.807, 2.05) is 0 Å². The van der Waals surface area contributed by atoms with E-state index in [0.29, 0.717) is 13.0 Å². The monoisotopic (exact) mass is 241 g/mol. The Morgan fingerprint density at radius 1 is 1.29 bits per heavy atom. The number of carbonyl (C=O) groups is 1. The number of ether oxygens (including phenoxy) is 1. The highest BCUT2D eigenvalue weighted by Crippen LogP contribution is 2.18. The molecule has 1 aromatic carbocycles. The summed E-state index contributed by atoms with van der Waals surface area (Å²) in [5, 5.41) is 0. The molecule has 0 N–H and O–H groups in total. The van der Waals surface area contributed by atoms with Crippen LogP contribution in [0.1, 0.15) is 18.4 Å². The lowest BCUT2D eigenvalue weighted by atomic mass is 10.2. The number of nitrogens with zero attached hydrogens (tertiary/aromatic N) is 1. The Labute approximate surface area is 98.0 Å². The molecule has 3 nitrogen and oxygen atoms in total. The van der Waals surface area contributed by atoms with E-state index in [2.05, 4.69) is 4.74 Å². The molecule has 92 valence electrons. The van der Waals surface area contributed by atoms with E-state index in [1.54, 1.807) is 17.0 Å². The van der Waals surface area contributed by atoms with Crippen LogP contribution < -0.4 is 4.74 Å². The number of amides is 1. The van der Waals surface area contributed by atoms with Crippen molar-refractivity contribution in [3.63, 3.8) is 0 Å². The second-order valence-electron chi connectivity index (χ2n) is 3.94. The van der Waals surface area contributed by atoms with Crippen molar-refractivity contribution in [2.45, 2.75) is 26.0 Å². The summed E-state index contributed by atoms with van der Waals surface area (Å²) in [6, 6.07) is 6.37. The van der Waals surface area contributed by atoms with Crippen molar-refractivity contribution in [3.8, 4) is 5.75 Å². The zero-order valence-corrected chi connectivity index (χ0v) is 9.23.